The van der Waals surface area contributed by atoms with E-state index in [9.17, 15) is 0 Å². The molecule has 0 atom stereocenters. The highest BCUT2D eigenvalue weighted by atomic mass is 79.9. The van der Waals surface area contributed by atoms with Crippen molar-refractivity contribution in [1.82, 2.24) is 0 Å². The van der Waals surface area contributed by atoms with E-state index in [0.717, 1.165) is 14.7 Å². The van der Waals surface area contributed by atoms with Gasteiger partial charge in [0.15, 0.2) is 0 Å². The highest BCUT2D eigenvalue weighted by Gasteiger charge is 2.47. The van der Waals surface area contributed by atoms with Gasteiger partial charge in [-0.25, -0.2) is 0 Å². The Morgan fingerprint density at radius 3 is 1.75 bits per heavy atom. The zero-order chi connectivity index (χ0) is 15.7. The number of halogens is 2. The fourth-order valence-corrected chi connectivity index (χ4v) is 9.36. The lowest BCUT2D eigenvalue weighted by Crippen LogP contribution is -2.50. The van der Waals surface area contributed by atoms with E-state index in [0.29, 0.717) is 16.6 Å². The molecule has 4 heteroatoms. The molecule has 0 aliphatic rings. The molecule has 0 radical (unpaired) electrons. The van der Waals surface area contributed by atoms with E-state index in [1.807, 2.05) is 0 Å². The Morgan fingerprint density at radius 2 is 1.35 bits per heavy atom. The lowest BCUT2D eigenvalue weighted by molar-refractivity contribution is 0.476. The third kappa shape index (κ3) is 3.33. The van der Waals surface area contributed by atoms with Crippen molar-refractivity contribution in [3.63, 3.8) is 0 Å². The van der Waals surface area contributed by atoms with E-state index >= 15 is 0 Å². The topological polar surface area (TPSA) is 9.23 Å². The molecule has 0 fully saturated rings. The molecule has 114 valence electrons. The summed E-state index contributed by atoms with van der Waals surface area (Å²) in [6.45, 7) is 16.0. The molecule has 0 unspecified atom stereocenters. The molecule has 0 aliphatic heterocycles. The SMILES string of the molecule is Cc1c(O[Si](C(C)C)(C(C)C)C(C)C)ccc(Br)c1Br. The van der Waals surface area contributed by atoms with E-state index in [2.05, 4.69) is 92.5 Å². The van der Waals surface area contributed by atoms with Gasteiger partial charge in [-0.1, -0.05) is 41.5 Å². The van der Waals surface area contributed by atoms with Crippen LogP contribution in [0.15, 0.2) is 21.1 Å². The van der Waals surface area contributed by atoms with Crippen molar-refractivity contribution in [2.75, 3.05) is 0 Å². The van der Waals surface area contributed by atoms with Crippen LogP contribution in [0.4, 0.5) is 0 Å². The Kier molecular flexibility index (Phi) is 6.36. The molecule has 0 aromatic heterocycles. The molecular weight excluding hydrogens is 396 g/mol. The monoisotopic (exact) mass is 420 g/mol. The zero-order valence-corrected chi connectivity index (χ0v) is 17.7. The Balaban J connectivity index is 3.31. The van der Waals surface area contributed by atoms with Crippen molar-refractivity contribution < 1.29 is 4.43 Å². The van der Waals surface area contributed by atoms with E-state index in [-0.39, 0.29) is 0 Å². The fraction of sp³-hybridized carbons (Fsp3) is 0.625. The van der Waals surface area contributed by atoms with Crippen molar-refractivity contribution in [2.24, 2.45) is 0 Å². The highest BCUT2D eigenvalue weighted by Crippen LogP contribution is 2.44. The molecular formula is C16H26Br2OSi. The Hall–Kier alpha value is 0.197. The molecule has 0 saturated carbocycles. The summed E-state index contributed by atoms with van der Waals surface area (Å²) in [6.07, 6.45) is 0. The minimum Gasteiger partial charge on any atom is -0.542 e. The summed E-state index contributed by atoms with van der Waals surface area (Å²) in [7, 11) is -1.88. The second kappa shape index (κ2) is 6.97. The van der Waals surface area contributed by atoms with Crippen LogP contribution < -0.4 is 4.43 Å². The van der Waals surface area contributed by atoms with E-state index < -0.39 is 8.32 Å². The normalized spacial score (nSPS) is 12.6. The molecule has 0 amide bonds. The van der Waals surface area contributed by atoms with Gasteiger partial charge in [-0.2, -0.15) is 0 Å². The predicted octanol–water partition coefficient (Wildman–Crippen LogP) is 7.07. The first-order valence-electron chi connectivity index (χ1n) is 7.28. The van der Waals surface area contributed by atoms with Gasteiger partial charge in [0, 0.05) is 14.5 Å². The van der Waals surface area contributed by atoms with Gasteiger partial charge in [0.25, 0.3) is 8.32 Å². The first-order valence-corrected chi connectivity index (χ1v) is 11.0. The first-order chi connectivity index (χ1) is 9.14. The van der Waals surface area contributed by atoms with Crippen molar-refractivity contribution in [3.05, 3.63) is 26.6 Å². The summed E-state index contributed by atoms with van der Waals surface area (Å²) < 4.78 is 8.91. The van der Waals surface area contributed by atoms with Gasteiger partial charge in [0.05, 0.1) is 0 Å². The van der Waals surface area contributed by atoms with Crippen LogP contribution >= 0.6 is 31.9 Å². The quantitative estimate of drug-likeness (QED) is 0.461. The molecule has 0 bridgehead atoms. The zero-order valence-electron chi connectivity index (χ0n) is 13.6. The number of hydrogen-bond acceptors (Lipinski definition) is 1. The summed E-state index contributed by atoms with van der Waals surface area (Å²) in [6, 6.07) is 4.16. The van der Waals surface area contributed by atoms with Gasteiger partial charge in [0.2, 0.25) is 0 Å². The van der Waals surface area contributed by atoms with Gasteiger partial charge < -0.3 is 4.43 Å². The average Bonchev–Trinajstić information content (AvgIpc) is 2.34. The largest absolute Gasteiger partial charge is 0.542 e. The highest BCUT2D eigenvalue weighted by molar-refractivity contribution is 9.13. The third-order valence-electron chi connectivity index (χ3n) is 4.28. The minimum atomic E-state index is -1.88. The van der Waals surface area contributed by atoms with Gasteiger partial charge in [-0.15, -0.1) is 0 Å². The van der Waals surface area contributed by atoms with Crippen LogP contribution in [-0.4, -0.2) is 8.32 Å². The molecule has 1 nitrogen and oxygen atoms in total. The van der Waals surface area contributed by atoms with Crippen LogP contribution in [0.25, 0.3) is 0 Å². The van der Waals surface area contributed by atoms with Crippen LogP contribution in [0.1, 0.15) is 47.1 Å². The fourth-order valence-electron chi connectivity index (χ4n) is 3.29. The molecule has 0 saturated heterocycles. The van der Waals surface area contributed by atoms with Gasteiger partial charge in [-0.3, -0.25) is 0 Å². The molecule has 0 N–H and O–H groups in total. The lowest BCUT2D eigenvalue weighted by Gasteiger charge is -2.42. The van der Waals surface area contributed by atoms with Crippen LogP contribution in [0.5, 0.6) is 5.75 Å². The first kappa shape index (κ1) is 18.2. The van der Waals surface area contributed by atoms with Gasteiger partial charge in [0.1, 0.15) is 5.75 Å². The summed E-state index contributed by atoms with van der Waals surface area (Å²) in [5.74, 6) is 1.03. The molecule has 1 aromatic carbocycles. The smallest absolute Gasteiger partial charge is 0.258 e. The Labute approximate surface area is 141 Å². The van der Waals surface area contributed by atoms with Crippen LogP contribution in [-0.2, 0) is 0 Å². The van der Waals surface area contributed by atoms with Crippen LogP contribution in [0.2, 0.25) is 16.6 Å². The number of hydrogen-bond donors (Lipinski definition) is 0. The Morgan fingerprint density at radius 1 is 0.900 bits per heavy atom. The average molecular weight is 422 g/mol. The lowest BCUT2D eigenvalue weighted by atomic mass is 10.2. The molecule has 1 rings (SSSR count). The standard InChI is InChI=1S/C16H26Br2OSi/c1-10(2)20(11(3)4,12(5)6)19-15-9-8-14(17)16(18)13(15)7/h8-12H,1-7H3. The van der Waals surface area contributed by atoms with E-state index in [4.69, 9.17) is 4.43 Å². The number of rotatable bonds is 5. The van der Waals surface area contributed by atoms with Crippen LogP contribution in [0, 0.1) is 6.92 Å². The molecule has 1 aromatic rings. The second-order valence-corrected chi connectivity index (χ2v) is 13.4. The Bertz CT molecular complexity index is 448. The maximum absolute atomic E-state index is 6.74. The summed E-state index contributed by atoms with van der Waals surface area (Å²) >= 11 is 7.19. The van der Waals surface area contributed by atoms with Gasteiger partial charge >= 0.3 is 0 Å². The van der Waals surface area contributed by atoms with Crippen molar-refractivity contribution in [3.8, 4) is 5.75 Å². The summed E-state index contributed by atoms with van der Waals surface area (Å²) in [4.78, 5) is 0. The van der Waals surface area contributed by atoms with Gasteiger partial charge in [-0.05, 0) is 67.5 Å². The van der Waals surface area contributed by atoms with Crippen LogP contribution in [0.3, 0.4) is 0 Å². The predicted molar refractivity (Wildman–Crippen MR) is 98.3 cm³/mol. The van der Waals surface area contributed by atoms with Crippen molar-refractivity contribution >= 4 is 40.2 Å². The maximum Gasteiger partial charge on any atom is 0.258 e. The van der Waals surface area contributed by atoms with E-state index in [1.54, 1.807) is 0 Å². The summed E-state index contributed by atoms with van der Waals surface area (Å²) in [5.41, 5.74) is 2.94. The minimum absolute atomic E-state index is 0.587. The second-order valence-electron chi connectivity index (χ2n) is 6.40. The molecule has 0 aliphatic carbocycles. The van der Waals surface area contributed by atoms with Crippen molar-refractivity contribution in [2.45, 2.75) is 65.1 Å². The molecule has 0 spiro atoms. The maximum atomic E-state index is 6.74. The van der Waals surface area contributed by atoms with E-state index in [1.165, 1.54) is 5.56 Å². The third-order valence-corrected chi connectivity index (χ3v) is 12.5. The number of benzene rings is 1. The molecule has 0 heterocycles. The van der Waals surface area contributed by atoms with Crippen molar-refractivity contribution in [1.29, 1.82) is 0 Å². The summed E-state index contributed by atoms with van der Waals surface area (Å²) in [5, 5.41) is 0. The molecule has 20 heavy (non-hydrogen) atoms.